The van der Waals surface area contributed by atoms with Crippen LogP contribution in [0.5, 0.6) is 0 Å². The second-order valence-corrected chi connectivity index (χ2v) is 6.63. The summed E-state index contributed by atoms with van der Waals surface area (Å²) >= 11 is 0. The lowest BCUT2D eigenvalue weighted by Gasteiger charge is -2.09. The summed E-state index contributed by atoms with van der Waals surface area (Å²) in [6, 6.07) is 26.0. The fourth-order valence-corrected chi connectivity index (χ4v) is 3.00. The molecular formula is C24H18FN3O3. The molecule has 0 spiro atoms. The van der Waals surface area contributed by atoms with Crippen LogP contribution in [0.4, 0.5) is 10.2 Å². The van der Waals surface area contributed by atoms with Crippen LogP contribution in [0.25, 0.3) is 16.9 Å². The lowest BCUT2D eigenvalue weighted by atomic mass is 10.2. The van der Waals surface area contributed by atoms with Crippen molar-refractivity contribution in [3.8, 4) is 16.9 Å². The highest BCUT2D eigenvalue weighted by Crippen LogP contribution is 2.24. The summed E-state index contributed by atoms with van der Waals surface area (Å²) in [4.78, 5) is 24.5. The van der Waals surface area contributed by atoms with Gasteiger partial charge in [0.2, 0.25) is 0 Å². The number of rotatable bonds is 6. The van der Waals surface area contributed by atoms with Crippen LogP contribution in [0.3, 0.4) is 0 Å². The van der Waals surface area contributed by atoms with Crippen LogP contribution in [-0.4, -0.2) is 28.3 Å². The number of ether oxygens (including phenoxy) is 1. The molecule has 7 heteroatoms. The molecule has 3 aromatic carbocycles. The van der Waals surface area contributed by atoms with Gasteiger partial charge in [-0.1, -0.05) is 60.7 Å². The van der Waals surface area contributed by atoms with Gasteiger partial charge in [0.1, 0.15) is 11.6 Å². The average molecular weight is 415 g/mol. The Kier molecular flexibility index (Phi) is 5.84. The molecular weight excluding hydrogens is 397 g/mol. The quantitative estimate of drug-likeness (QED) is 0.472. The molecule has 0 bridgehead atoms. The highest BCUT2D eigenvalue weighted by Gasteiger charge is 2.17. The Hall–Kier alpha value is -4.26. The van der Waals surface area contributed by atoms with Crippen molar-refractivity contribution in [2.24, 2.45) is 0 Å². The molecule has 31 heavy (non-hydrogen) atoms. The zero-order valence-corrected chi connectivity index (χ0v) is 16.4. The van der Waals surface area contributed by atoms with E-state index in [4.69, 9.17) is 4.74 Å². The number of halogens is 1. The average Bonchev–Trinajstić information content (AvgIpc) is 3.22. The van der Waals surface area contributed by atoms with Gasteiger partial charge in [0, 0.05) is 11.6 Å². The van der Waals surface area contributed by atoms with Crippen molar-refractivity contribution < 1.29 is 18.7 Å². The number of nitrogens with one attached hydrogen (secondary N) is 1. The van der Waals surface area contributed by atoms with Crippen LogP contribution in [-0.2, 0) is 9.53 Å². The Balaban J connectivity index is 1.53. The van der Waals surface area contributed by atoms with Crippen LogP contribution in [0, 0.1) is 5.82 Å². The molecule has 4 aromatic rings. The molecule has 1 N–H and O–H groups in total. The number of aromatic nitrogens is 2. The number of para-hydroxylation sites is 1. The van der Waals surface area contributed by atoms with Gasteiger partial charge in [0.15, 0.2) is 6.61 Å². The molecule has 4 rings (SSSR count). The van der Waals surface area contributed by atoms with Gasteiger partial charge in [-0.3, -0.25) is 4.79 Å². The van der Waals surface area contributed by atoms with Gasteiger partial charge in [-0.15, -0.1) is 0 Å². The smallest absolute Gasteiger partial charge is 0.341 e. The van der Waals surface area contributed by atoms with Crippen molar-refractivity contribution >= 4 is 17.7 Å². The van der Waals surface area contributed by atoms with E-state index in [0.29, 0.717) is 11.5 Å². The second kappa shape index (κ2) is 9.04. The molecule has 0 radical (unpaired) electrons. The summed E-state index contributed by atoms with van der Waals surface area (Å²) in [6.07, 6.45) is 0. The number of benzene rings is 3. The minimum Gasteiger partial charge on any atom is -0.452 e. The van der Waals surface area contributed by atoms with Gasteiger partial charge in [-0.05, 0) is 24.3 Å². The Morgan fingerprint density at radius 3 is 2.26 bits per heavy atom. The molecule has 0 aliphatic rings. The lowest BCUT2D eigenvalue weighted by molar-refractivity contribution is -0.119. The normalized spacial score (nSPS) is 10.5. The van der Waals surface area contributed by atoms with E-state index in [-0.39, 0.29) is 5.56 Å². The van der Waals surface area contributed by atoms with Crippen LogP contribution in [0.2, 0.25) is 0 Å². The zero-order chi connectivity index (χ0) is 21.6. The van der Waals surface area contributed by atoms with E-state index in [9.17, 15) is 14.0 Å². The van der Waals surface area contributed by atoms with Gasteiger partial charge in [0.05, 0.1) is 16.9 Å². The summed E-state index contributed by atoms with van der Waals surface area (Å²) in [5.74, 6) is -1.77. The van der Waals surface area contributed by atoms with Crippen molar-refractivity contribution in [3.63, 3.8) is 0 Å². The first-order valence-electron chi connectivity index (χ1n) is 9.54. The molecule has 0 unspecified atom stereocenters. The molecule has 1 aromatic heterocycles. The van der Waals surface area contributed by atoms with Crippen LogP contribution in [0.15, 0.2) is 91.0 Å². The number of esters is 1. The molecule has 0 aliphatic heterocycles. The largest absolute Gasteiger partial charge is 0.452 e. The molecule has 1 amide bonds. The van der Waals surface area contributed by atoms with E-state index in [1.807, 2.05) is 60.7 Å². The number of anilines is 1. The molecule has 1 heterocycles. The number of carbonyl (C=O) groups excluding carboxylic acids is 2. The summed E-state index contributed by atoms with van der Waals surface area (Å²) in [7, 11) is 0. The number of nitrogens with zero attached hydrogens (tertiary/aromatic N) is 2. The van der Waals surface area contributed by atoms with Crippen molar-refractivity contribution in [1.29, 1.82) is 0 Å². The molecule has 154 valence electrons. The van der Waals surface area contributed by atoms with Crippen molar-refractivity contribution in [2.75, 3.05) is 11.9 Å². The van der Waals surface area contributed by atoms with E-state index in [1.54, 1.807) is 10.7 Å². The SMILES string of the molecule is O=C(COC(=O)c1ccccc1F)Nc1cc(-c2ccccc2)nn1-c1ccccc1. The lowest BCUT2D eigenvalue weighted by Crippen LogP contribution is -2.22. The third-order valence-electron chi connectivity index (χ3n) is 4.48. The Morgan fingerprint density at radius 2 is 1.55 bits per heavy atom. The minimum absolute atomic E-state index is 0.226. The Morgan fingerprint density at radius 1 is 0.903 bits per heavy atom. The van der Waals surface area contributed by atoms with Gasteiger partial charge in [0.25, 0.3) is 5.91 Å². The predicted molar refractivity (Wildman–Crippen MR) is 114 cm³/mol. The molecule has 0 aliphatic carbocycles. The Bertz CT molecular complexity index is 1210. The van der Waals surface area contributed by atoms with Gasteiger partial charge in [-0.25, -0.2) is 13.9 Å². The molecule has 6 nitrogen and oxygen atoms in total. The minimum atomic E-state index is -0.908. The highest BCUT2D eigenvalue weighted by molar-refractivity contribution is 5.95. The monoisotopic (exact) mass is 415 g/mol. The van der Waals surface area contributed by atoms with Crippen LogP contribution in [0.1, 0.15) is 10.4 Å². The molecule has 0 saturated heterocycles. The number of amides is 1. The van der Waals surface area contributed by atoms with E-state index in [0.717, 1.165) is 17.3 Å². The number of carbonyl (C=O) groups is 2. The number of hydrogen-bond acceptors (Lipinski definition) is 4. The maximum Gasteiger partial charge on any atom is 0.341 e. The van der Waals surface area contributed by atoms with Gasteiger partial charge >= 0.3 is 5.97 Å². The van der Waals surface area contributed by atoms with Gasteiger partial charge in [-0.2, -0.15) is 5.10 Å². The third-order valence-corrected chi connectivity index (χ3v) is 4.48. The second-order valence-electron chi connectivity index (χ2n) is 6.63. The number of hydrogen-bond donors (Lipinski definition) is 1. The molecule has 0 atom stereocenters. The van der Waals surface area contributed by atoms with Crippen molar-refractivity contribution in [3.05, 3.63) is 102 Å². The predicted octanol–water partition coefficient (Wildman–Crippen LogP) is 4.47. The first-order chi connectivity index (χ1) is 15.1. The third kappa shape index (κ3) is 4.67. The van der Waals surface area contributed by atoms with Crippen LogP contribution >= 0.6 is 0 Å². The molecule has 0 saturated carbocycles. The van der Waals surface area contributed by atoms with Crippen LogP contribution < -0.4 is 5.32 Å². The standard InChI is InChI=1S/C24H18FN3O3/c25-20-14-8-7-13-19(20)24(30)31-16-23(29)26-22-15-21(17-9-3-1-4-10-17)27-28(22)18-11-5-2-6-12-18/h1-15H,16H2,(H,26,29). The first-order valence-corrected chi connectivity index (χ1v) is 9.54. The maximum atomic E-state index is 13.7. The van der Waals surface area contributed by atoms with E-state index < -0.39 is 24.3 Å². The fraction of sp³-hybridized carbons (Fsp3) is 0.0417. The summed E-state index contributed by atoms with van der Waals surface area (Å²) < 4.78 is 20.3. The summed E-state index contributed by atoms with van der Waals surface area (Å²) in [5, 5.41) is 7.31. The summed E-state index contributed by atoms with van der Waals surface area (Å²) in [6.45, 7) is -0.562. The summed E-state index contributed by atoms with van der Waals surface area (Å²) in [5.41, 5.74) is 2.08. The van der Waals surface area contributed by atoms with E-state index in [2.05, 4.69) is 10.4 Å². The van der Waals surface area contributed by atoms with Crippen molar-refractivity contribution in [1.82, 2.24) is 9.78 Å². The topological polar surface area (TPSA) is 73.2 Å². The Labute approximate surface area is 177 Å². The highest BCUT2D eigenvalue weighted by atomic mass is 19.1. The van der Waals surface area contributed by atoms with Gasteiger partial charge < -0.3 is 10.1 Å². The fourth-order valence-electron chi connectivity index (χ4n) is 3.00. The van der Waals surface area contributed by atoms with E-state index in [1.165, 1.54) is 18.2 Å². The zero-order valence-electron chi connectivity index (χ0n) is 16.4. The van der Waals surface area contributed by atoms with Crippen molar-refractivity contribution in [2.45, 2.75) is 0 Å². The molecule has 0 fully saturated rings. The first kappa shape index (κ1) is 20.0. The maximum absolute atomic E-state index is 13.7. The van der Waals surface area contributed by atoms with E-state index >= 15 is 0 Å².